The number of aromatic amines is 1. The first-order chi connectivity index (χ1) is 8.74. The molecule has 2 N–H and O–H groups in total. The summed E-state index contributed by atoms with van der Waals surface area (Å²) in [6, 6.07) is 5.91. The Balaban J connectivity index is 2.23. The third kappa shape index (κ3) is 3.50. The number of amides is 1. The monoisotopic (exact) mass is 324 g/mol. The molecule has 0 fully saturated rings. The Morgan fingerprint density at radius 3 is 2.63 bits per heavy atom. The first-order valence-corrected chi connectivity index (χ1v) is 6.83. The molecule has 0 saturated heterocycles. The SMILES string of the molecule is Cc1cc(Br)cc2[nH]c(NC(=O)OC(C)(C)C)cc12. The Morgan fingerprint density at radius 1 is 1.32 bits per heavy atom. The van der Waals surface area contributed by atoms with Crippen LogP contribution < -0.4 is 5.32 Å². The highest BCUT2D eigenvalue weighted by atomic mass is 79.9. The number of carbonyl (C=O) groups excluding carboxylic acids is 1. The molecule has 0 aliphatic heterocycles. The number of rotatable bonds is 1. The highest BCUT2D eigenvalue weighted by molar-refractivity contribution is 9.10. The van der Waals surface area contributed by atoms with Crippen LogP contribution in [0.25, 0.3) is 10.9 Å². The Kier molecular flexibility index (Phi) is 3.58. The maximum Gasteiger partial charge on any atom is 0.413 e. The molecule has 0 atom stereocenters. The van der Waals surface area contributed by atoms with Gasteiger partial charge in [0, 0.05) is 15.4 Å². The summed E-state index contributed by atoms with van der Waals surface area (Å²) in [6.45, 7) is 7.52. The molecule has 1 aromatic carbocycles. The Labute approximate surface area is 120 Å². The maximum atomic E-state index is 11.7. The number of hydrogen-bond donors (Lipinski definition) is 2. The van der Waals surface area contributed by atoms with E-state index in [1.807, 2.05) is 45.9 Å². The molecule has 0 bridgehead atoms. The molecule has 0 unspecified atom stereocenters. The standard InChI is InChI=1S/C14H17BrN2O2/c1-8-5-9(15)6-11-10(8)7-12(16-11)17-13(18)19-14(2,3)4/h5-7,16H,1-4H3,(H,17,18). The van der Waals surface area contributed by atoms with E-state index in [1.54, 1.807) is 0 Å². The largest absolute Gasteiger partial charge is 0.444 e. The zero-order valence-electron chi connectivity index (χ0n) is 11.4. The Morgan fingerprint density at radius 2 is 2.00 bits per heavy atom. The summed E-state index contributed by atoms with van der Waals surface area (Å²) in [5, 5.41) is 3.78. The topological polar surface area (TPSA) is 54.1 Å². The zero-order valence-corrected chi connectivity index (χ0v) is 13.0. The molecule has 19 heavy (non-hydrogen) atoms. The molecule has 102 valence electrons. The lowest BCUT2D eigenvalue weighted by Gasteiger charge is -2.19. The number of ether oxygens (including phenoxy) is 1. The van der Waals surface area contributed by atoms with Gasteiger partial charge >= 0.3 is 6.09 Å². The summed E-state index contributed by atoms with van der Waals surface area (Å²) in [5.41, 5.74) is 1.60. The smallest absolute Gasteiger partial charge is 0.413 e. The van der Waals surface area contributed by atoms with E-state index in [1.165, 1.54) is 0 Å². The van der Waals surface area contributed by atoms with Crippen LogP contribution in [0.3, 0.4) is 0 Å². The zero-order chi connectivity index (χ0) is 14.2. The van der Waals surface area contributed by atoms with E-state index in [2.05, 4.69) is 26.2 Å². The molecule has 0 aliphatic rings. The van der Waals surface area contributed by atoms with E-state index < -0.39 is 11.7 Å². The van der Waals surface area contributed by atoms with Gasteiger partial charge in [-0.2, -0.15) is 0 Å². The number of aromatic nitrogens is 1. The van der Waals surface area contributed by atoms with Gasteiger partial charge in [-0.1, -0.05) is 15.9 Å². The minimum absolute atomic E-state index is 0.462. The van der Waals surface area contributed by atoms with Crippen molar-refractivity contribution >= 4 is 38.7 Å². The molecule has 4 nitrogen and oxygen atoms in total. The van der Waals surface area contributed by atoms with Crippen molar-refractivity contribution in [3.63, 3.8) is 0 Å². The van der Waals surface area contributed by atoms with Gasteiger partial charge in [-0.3, -0.25) is 5.32 Å². The summed E-state index contributed by atoms with van der Waals surface area (Å²) < 4.78 is 6.22. The van der Waals surface area contributed by atoms with Crippen molar-refractivity contribution in [3.8, 4) is 0 Å². The molecular weight excluding hydrogens is 308 g/mol. The quantitative estimate of drug-likeness (QED) is 0.806. The van der Waals surface area contributed by atoms with Gasteiger partial charge in [0.05, 0.1) is 0 Å². The third-order valence-corrected chi connectivity index (χ3v) is 3.00. The highest BCUT2D eigenvalue weighted by Gasteiger charge is 2.17. The minimum Gasteiger partial charge on any atom is -0.444 e. The van der Waals surface area contributed by atoms with Gasteiger partial charge in [0.1, 0.15) is 11.4 Å². The normalized spacial score (nSPS) is 11.6. The number of carbonyl (C=O) groups is 1. The molecular formula is C14H17BrN2O2. The number of anilines is 1. The van der Waals surface area contributed by atoms with Crippen molar-refractivity contribution in [1.82, 2.24) is 4.98 Å². The van der Waals surface area contributed by atoms with E-state index in [9.17, 15) is 4.79 Å². The first-order valence-electron chi connectivity index (χ1n) is 6.03. The summed E-state index contributed by atoms with van der Waals surface area (Å²) in [6.07, 6.45) is -0.462. The molecule has 2 rings (SSSR count). The van der Waals surface area contributed by atoms with Crippen molar-refractivity contribution in [3.05, 3.63) is 28.2 Å². The van der Waals surface area contributed by atoms with Gasteiger partial charge in [-0.15, -0.1) is 0 Å². The lowest BCUT2D eigenvalue weighted by Crippen LogP contribution is -2.27. The number of hydrogen-bond acceptors (Lipinski definition) is 2. The summed E-state index contributed by atoms with van der Waals surface area (Å²) >= 11 is 3.45. The van der Waals surface area contributed by atoms with Crippen molar-refractivity contribution in [2.45, 2.75) is 33.3 Å². The van der Waals surface area contributed by atoms with Gasteiger partial charge in [0.15, 0.2) is 0 Å². The minimum atomic E-state index is -0.505. The van der Waals surface area contributed by atoms with Gasteiger partial charge in [0.2, 0.25) is 0 Å². The lowest BCUT2D eigenvalue weighted by atomic mass is 10.1. The molecule has 1 heterocycles. The fraction of sp³-hybridized carbons (Fsp3) is 0.357. The van der Waals surface area contributed by atoms with Crippen LogP contribution in [0.1, 0.15) is 26.3 Å². The van der Waals surface area contributed by atoms with Crippen molar-refractivity contribution in [1.29, 1.82) is 0 Å². The Bertz CT molecular complexity index is 626. The fourth-order valence-corrected chi connectivity index (χ4v) is 2.43. The van der Waals surface area contributed by atoms with E-state index in [0.717, 1.165) is 20.9 Å². The van der Waals surface area contributed by atoms with Crippen molar-refractivity contribution < 1.29 is 9.53 Å². The van der Waals surface area contributed by atoms with E-state index >= 15 is 0 Å². The molecule has 2 aromatic rings. The number of benzene rings is 1. The van der Waals surface area contributed by atoms with Gasteiger partial charge in [-0.05, 0) is 51.5 Å². The van der Waals surface area contributed by atoms with E-state index in [0.29, 0.717) is 5.82 Å². The van der Waals surface area contributed by atoms with Crippen LogP contribution in [-0.4, -0.2) is 16.7 Å². The molecule has 0 saturated carbocycles. The number of aryl methyl sites for hydroxylation is 1. The van der Waals surface area contributed by atoms with Gasteiger partial charge in [0.25, 0.3) is 0 Å². The fourth-order valence-electron chi connectivity index (χ4n) is 1.86. The molecule has 0 aliphatic carbocycles. The molecule has 5 heteroatoms. The van der Waals surface area contributed by atoms with Crippen LogP contribution in [0.15, 0.2) is 22.7 Å². The molecule has 0 spiro atoms. The second-order valence-corrected chi connectivity index (χ2v) is 6.41. The Hall–Kier alpha value is -1.49. The average molecular weight is 325 g/mol. The third-order valence-electron chi connectivity index (χ3n) is 2.55. The van der Waals surface area contributed by atoms with Crippen LogP contribution in [0.2, 0.25) is 0 Å². The van der Waals surface area contributed by atoms with Crippen molar-refractivity contribution in [2.75, 3.05) is 5.32 Å². The van der Waals surface area contributed by atoms with Crippen LogP contribution in [0.5, 0.6) is 0 Å². The van der Waals surface area contributed by atoms with Crippen LogP contribution in [-0.2, 0) is 4.74 Å². The van der Waals surface area contributed by atoms with Gasteiger partial charge in [-0.25, -0.2) is 4.79 Å². The van der Waals surface area contributed by atoms with Crippen molar-refractivity contribution in [2.24, 2.45) is 0 Å². The van der Waals surface area contributed by atoms with Crippen LogP contribution in [0, 0.1) is 6.92 Å². The van der Waals surface area contributed by atoms with E-state index in [-0.39, 0.29) is 0 Å². The highest BCUT2D eigenvalue weighted by Crippen LogP contribution is 2.26. The number of halogens is 1. The predicted molar refractivity (Wildman–Crippen MR) is 80.6 cm³/mol. The molecule has 0 radical (unpaired) electrons. The number of nitrogens with one attached hydrogen (secondary N) is 2. The summed E-state index contributed by atoms with van der Waals surface area (Å²) in [4.78, 5) is 14.8. The van der Waals surface area contributed by atoms with Crippen LogP contribution >= 0.6 is 15.9 Å². The van der Waals surface area contributed by atoms with E-state index in [4.69, 9.17) is 4.74 Å². The predicted octanol–water partition coefficient (Wildman–Crippen LogP) is 4.59. The van der Waals surface area contributed by atoms with Crippen LogP contribution in [0.4, 0.5) is 10.6 Å². The number of H-pyrrole nitrogens is 1. The summed E-state index contributed by atoms with van der Waals surface area (Å²) in [5.74, 6) is 0.630. The average Bonchev–Trinajstić information content (AvgIpc) is 2.56. The maximum absolute atomic E-state index is 11.7. The second-order valence-electron chi connectivity index (χ2n) is 5.49. The first kappa shape index (κ1) is 13.9. The second kappa shape index (κ2) is 4.89. The lowest BCUT2D eigenvalue weighted by molar-refractivity contribution is 0.0635. The number of fused-ring (bicyclic) bond motifs is 1. The van der Waals surface area contributed by atoms with Gasteiger partial charge < -0.3 is 9.72 Å². The summed E-state index contributed by atoms with van der Waals surface area (Å²) in [7, 11) is 0. The molecule has 1 amide bonds. The molecule has 1 aromatic heterocycles.